The number of fused-ring (bicyclic) bond motifs is 2. The molecular weight excluding hydrogens is 302 g/mol. The molecule has 1 atom stereocenters. The molecule has 8 heteroatoms. The fourth-order valence-corrected chi connectivity index (χ4v) is 4.15. The first-order valence-corrected chi connectivity index (χ1v) is 7.94. The minimum Gasteiger partial charge on any atom is -0.335 e. The molecule has 0 bridgehead atoms. The maximum absolute atomic E-state index is 12.3. The molecular formula is C14H15N5O2S. The van der Waals surface area contributed by atoms with E-state index in [1.807, 2.05) is 11.8 Å². The minimum absolute atomic E-state index is 0.0103. The van der Waals surface area contributed by atoms with Gasteiger partial charge in [-0.1, -0.05) is 0 Å². The highest BCUT2D eigenvalue weighted by Gasteiger charge is 2.34. The average Bonchev–Trinajstić information content (AvgIpc) is 3.18. The van der Waals surface area contributed by atoms with Gasteiger partial charge in [-0.2, -0.15) is 5.10 Å². The Morgan fingerprint density at radius 1 is 1.32 bits per heavy atom. The summed E-state index contributed by atoms with van der Waals surface area (Å²) in [6.07, 6.45) is 2.31. The Labute approximate surface area is 130 Å². The maximum Gasteiger partial charge on any atom is 0.266 e. The van der Waals surface area contributed by atoms with Gasteiger partial charge in [0.25, 0.3) is 11.8 Å². The summed E-state index contributed by atoms with van der Waals surface area (Å²) in [6, 6.07) is 0.0285. The average molecular weight is 317 g/mol. The van der Waals surface area contributed by atoms with Gasteiger partial charge in [-0.15, -0.1) is 11.3 Å². The molecule has 0 aliphatic carbocycles. The third kappa shape index (κ3) is 1.87. The fourth-order valence-electron chi connectivity index (χ4n) is 2.96. The second-order valence-corrected chi connectivity index (χ2v) is 6.86. The van der Waals surface area contributed by atoms with Crippen molar-refractivity contribution in [2.24, 2.45) is 0 Å². The second kappa shape index (κ2) is 4.64. The summed E-state index contributed by atoms with van der Waals surface area (Å²) in [6.45, 7) is 3.12. The molecule has 0 saturated carbocycles. The smallest absolute Gasteiger partial charge is 0.266 e. The number of carbonyl (C=O) groups is 2. The number of carbonyl (C=O) groups excluding carboxylic acids is 2. The van der Waals surface area contributed by atoms with Crippen molar-refractivity contribution in [2.75, 3.05) is 7.05 Å². The number of hydrogen-bond acceptors (Lipinski definition) is 5. The molecule has 114 valence electrons. The van der Waals surface area contributed by atoms with Crippen molar-refractivity contribution in [3.05, 3.63) is 33.0 Å². The third-order valence-corrected chi connectivity index (χ3v) is 5.31. The molecule has 2 aliphatic heterocycles. The van der Waals surface area contributed by atoms with Gasteiger partial charge in [0.15, 0.2) is 0 Å². The molecule has 4 heterocycles. The van der Waals surface area contributed by atoms with Crippen LogP contribution in [0.5, 0.6) is 0 Å². The minimum atomic E-state index is 0.0103. The Bertz CT molecular complexity index is 780. The SMILES string of the molecule is CC(Cc1nc2c(s1)C(=O)N(C)C2)N1Cc2n[nH]cc2C1=O. The zero-order chi connectivity index (χ0) is 15.4. The van der Waals surface area contributed by atoms with Crippen molar-refractivity contribution < 1.29 is 9.59 Å². The van der Waals surface area contributed by atoms with Crippen LogP contribution in [0.2, 0.25) is 0 Å². The van der Waals surface area contributed by atoms with E-state index in [1.165, 1.54) is 11.3 Å². The molecule has 0 saturated heterocycles. The molecule has 2 aliphatic rings. The Morgan fingerprint density at radius 2 is 2.14 bits per heavy atom. The summed E-state index contributed by atoms with van der Waals surface area (Å²) in [7, 11) is 1.78. The zero-order valence-electron chi connectivity index (χ0n) is 12.3. The van der Waals surface area contributed by atoms with Crippen molar-refractivity contribution in [1.29, 1.82) is 0 Å². The van der Waals surface area contributed by atoms with Gasteiger partial charge in [0.2, 0.25) is 0 Å². The van der Waals surface area contributed by atoms with Crippen LogP contribution in [0.3, 0.4) is 0 Å². The predicted octanol–water partition coefficient (Wildman–Crippen LogP) is 1.04. The molecule has 22 heavy (non-hydrogen) atoms. The molecule has 2 aromatic rings. The number of nitrogens with zero attached hydrogens (tertiary/aromatic N) is 4. The highest BCUT2D eigenvalue weighted by Crippen LogP contribution is 2.29. The van der Waals surface area contributed by atoms with E-state index in [9.17, 15) is 9.59 Å². The second-order valence-electron chi connectivity index (χ2n) is 5.78. The Balaban J connectivity index is 1.50. The van der Waals surface area contributed by atoms with Crippen LogP contribution in [0.1, 0.15) is 43.3 Å². The molecule has 2 amide bonds. The summed E-state index contributed by atoms with van der Waals surface area (Å²) >= 11 is 1.45. The van der Waals surface area contributed by atoms with Crippen molar-refractivity contribution >= 4 is 23.2 Å². The van der Waals surface area contributed by atoms with Crippen LogP contribution in [0, 0.1) is 0 Å². The van der Waals surface area contributed by atoms with E-state index in [1.54, 1.807) is 18.1 Å². The van der Waals surface area contributed by atoms with Crippen molar-refractivity contribution in [3.63, 3.8) is 0 Å². The van der Waals surface area contributed by atoms with Gasteiger partial charge in [0, 0.05) is 25.7 Å². The lowest BCUT2D eigenvalue weighted by Crippen LogP contribution is -2.35. The quantitative estimate of drug-likeness (QED) is 0.917. The van der Waals surface area contributed by atoms with Crippen LogP contribution in [0.15, 0.2) is 6.20 Å². The van der Waals surface area contributed by atoms with Crippen LogP contribution >= 0.6 is 11.3 Å². The lowest BCUT2D eigenvalue weighted by atomic mass is 10.2. The van der Waals surface area contributed by atoms with Gasteiger partial charge < -0.3 is 9.80 Å². The molecule has 0 aromatic carbocycles. The van der Waals surface area contributed by atoms with Crippen LogP contribution in [-0.4, -0.2) is 49.9 Å². The van der Waals surface area contributed by atoms with Crippen LogP contribution in [0.25, 0.3) is 0 Å². The summed E-state index contributed by atoms with van der Waals surface area (Å²) in [5.41, 5.74) is 2.32. The highest BCUT2D eigenvalue weighted by atomic mass is 32.1. The van der Waals surface area contributed by atoms with E-state index in [0.717, 1.165) is 21.3 Å². The van der Waals surface area contributed by atoms with Gasteiger partial charge in [0.1, 0.15) is 4.88 Å². The van der Waals surface area contributed by atoms with E-state index < -0.39 is 0 Å². The number of rotatable bonds is 3. The van der Waals surface area contributed by atoms with Crippen LogP contribution in [-0.2, 0) is 19.5 Å². The van der Waals surface area contributed by atoms with Crippen molar-refractivity contribution in [2.45, 2.75) is 32.5 Å². The van der Waals surface area contributed by atoms with E-state index in [0.29, 0.717) is 25.1 Å². The summed E-state index contributed by atoms with van der Waals surface area (Å²) < 4.78 is 0. The topological polar surface area (TPSA) is 82.2 Å². The van der Waals surface area contributed by atoms with Crippen molar-refractivity contribution in [1.82, 2.24) is 25.0 Å². The van der Waals surface area contributed by atoms with E-state index in [4.69, 9.17) is 0 Å². The molecule has 0 spiro atoms. The Hall–Kier alpha value is -2.22. The number of aromatic nitrogens is 3. The molecule has 0 fully saturated rings. The summed E-state index contributed by atoms with van der Waals surface area (Å²) in [5, 5.41) is 7.73. The van der Waals surface area contributed by atoms with E-state index in [-0.39, 0.29) is 17.9 Å². The Kier molecular flexibility index (Phi) is 2.83. The number of hydrogen-bond donors (Lipinski definition) is 1. The first kappa shape index (κ1) is 13.4. The number of thiazole rings is 1. The van der Waals surface area contributed by atoms with Gasteiger partial charge in [0.05, 0.1) is 35.0 Å². The first-order chi connectivity index (χ1) is 10.5. The molecule has 1 N–H and O–H groups in total. The van der Waals surface area contributed by atoms with Gasteiger partial charge >= 0.3 is 0 Å². The predicted molar refractivity (Wildman–Crippen MR) is 79.5 cm³/mol. The standard InChI is InChI=1S/C14H15N5O2S/c1-7(19-6-9-8(13(19)20)4-15-17-9)3-11-16-10-5-18(2)14(21)12(10)22-11/h4,7H,3,5-6H2,1-2H3,(H,15,17). The normalized spacial score (nSPS) is 18.1. The zero-order valence-corrected chi connectivity index (χ0v) is 13.1. The fraction of sp³-hybridized carbons (Fsp3) is 0.429. The van der Waals surface area contributed by atoms with Crippen molar-refractivity contribution in [3.8, 4) is 0 Å². The number of H-pyrrole nitrogens is 1. The summed E-state index contributed by atoms with van der Waals surface area (Å²) in [4.78, 5) is 33.0. The first-order valence-electron chi connectivity index (χ1n) is 7.12. The van der Waals surface area contributed by atoms with E-state index >= 15 is 0 Å². The number of nitrogens with one attached hydrogen (secondary N) is 1. The summed E-state index contributed by atoms with van der Waals surface area (Å²) in [5.74, 6) is 0.0555. The molecule has 2 aromatic heterocycles. The van der Waals surface area contributed by atoms with Gasteiger partial charge in [-0.25, -0.2) is 4.98 Å². The third-order valence-electron chi connectivity index (χ3n) is 4.20. The lowest BCUT2D eigenvalue weighted by Gasteiger charge is -2.23. The number of amides is 2. The maximum atomic E-state index is 12.3. The van der Waals surface area contributed by atoms with Crippen LogP contribution in [0.4, 0.5) is 0 Å². The molecule has 1 unspecified atom stereocenters. The van der Waals surface area contributed by atoms with Crippen LogP contribution < -0.4 is 0 Å². The molecule has 7 nitrogen and oxygen atoms in total. The Morgan fingerprint density at radius 3 is 2.86 bits per heavy atom. The highest BCUT2D eigenvalue weighted by molar-refractivity contribution is 7.13. The molecule has 0 radical (unpaired) electrons. The lowest BCUT2D eigenvalue weighted by molar-refractivity contribution is 0.0713. The molecule has 4 rings (SSSR count). The largest absolute Gasteiger partial charge is 0.335 e. The van der Waals surface area contributed by atoms with E-state index in [2.05, 4.69) is 15.2 Å². The van der Waals surface area contributed by atoms with Gasteiger partial charge in [-0.3, -0.25) is 14.7 Å². The van der Waals surface area contributed by atoms with Gasteiger partial charge in [-0.05, 0) is 6.92 Å². The number of aromatic amines is 1. The monoisotopic (exact) mass is 317 g/mol.